The first-order valence-electron chi connectivity index (χ1n) is 14.5. The Kier molecular flexibility index (Phi) is 7.37. The van der Waals surface area contributed by atoms with Gasteiger partial charge < -0.3 is 9.64 Å². The number of pyridine rings is 1. The highest BCUT2D eigenvalue weighted by Crippen LogP contribution is 2.47. The van der Waals surface area contributed by atoms with Gasteiger partial charge in [0, 0.05) is 37.4 Å². The molecule has 3 unspecified atom stereocenters. The van der Waals surface area contributed by atoms with Gasteiger partial charge in [0.15, 0.2) is 0 Å². The van der Waals surface area contributed by atoms with Crippen LogP contribution in [0.4, 0.5) is 18.0 Å². The number of likely N-dealkylation sites (tertiary alicyclic amines) is 1. The molecule has 2 aliphatic carbocycles. The van der Waals surface area contributed by atoms with Crippen molar-refractivity contribution in [1.29, 1.82) is 0 Å². The number of rotatable bonds is 5. The van der Waals surface area contributed by atoms with Gasteiger partial charge in [0.2, 0.25) is 0 Å². The average molecular weight is 565 g/mol. The van der Waals surface area contributed by atoms with Crippen LogP contribution in [0.1, 0.15) is 74.5 Å². The summed E-state index contributed by atoms with van der Waals surface area (Å²) >= 11 is 0. The van der Waals surface area contributed by atoms with E-state index < -0.39 is 23.5 Å². The number of methoxy groups -OCH3 is 1. The summed E-state index contributed by atoms with van der Waals surface area (Å²) in [6.07, 6.45) is 5.84. The van der Waals surface area contributed by atoms with Crippen molar-refractivity contribution < 1.29 is 22.7 Å². The number of hydrogen-bond acceptors (Lipinski definition) is 6. The molecule has 0 spiro atoms. The second-order valence-electron chi connectivity index (χ2n) is 12.2. The largest absolute Gasteiger partial charge is 0.453 e. The number of carbonyl (C=O) groups is 1. The predicted molar refractivity (Wildman–Crippen MR) is 143 cm³/mol. The second-order valence-corrected chi connectivity index (χ2v) is 12.2. The van der Waals surface area contributed by atoms with Gasteiger partial charge in [0.1, 0.15) is 0 Å². The molecule has 12 heteroatoms. The number of hydrazine groups is 1. The third-order valence-electron chi connectivity index (χ3n) is 9.95. The highest BCUT2D eigenvalue weighted by molar-refractivity contribution is 5.68. The third-order valence-corrected chi connectivity index (χ3v) is 9.95. The van der Waals surface area contributed by atoms with Crippen LogP contribution in [0, 0.1) is 17.8 Å². The molecular formula is C28H39F3N6O3. The molecule has 2 aromatic heterocycles. The Morgan fingerprint density at radius 2 is 1.85 bits per heavy atom. The number of halogens is 3. The lowest BCUT2D eigenvalue weighted by Crippen LogP contribution is -2.50. The molecule has 1 amide bonds. The van der Waals surface area contributed by atoms with Gasteiger partial charge in [0.05, 0.1) is 31.0 Å². The monoisotopic (exact) mass is 564 g/mol. The molecule has 220 valence electrons. The van der Waals surface area contributed by atoms with Gasteiger partial charge >= 0.3 is 18.0 Å². The van der Waals surface area contributed by atoms with E-state index in [9.17, 15) is 22.8 Å². The number of alkyl halides is 3. The van der Waals surface area contributed by atoms with E-state index in [0.29, 0.717) is 36.3 Å². The van der Waals surface area contributed by atoms with Crippen molar-refractivity contribution in [2.75, 3.05) is 33.9 Å². The van der Waals surface area contributed by atoms with Crippen molar-refractivity contribution in [3.63, 3.8) is 0 Å². The maximum atomic E-state index is 14.3. The van der Waals surface area contributed by atoms with Crippen LogP contribution < -0.4 is 16.5 Å². The summed E-state index contributed by atoms with van der Waals surface area (Å²) in [5.74, 6) is 1.15. The number of fused-ring (bicyclic) bond motifs is 1. The molecular weight excluding hydrogens is 525 g/mol. The molecule has 0 aromatic carbocycles. The Hall–Kier alpha value is -2.57. The summed E-state index contributed by atoms with van der Waals surface area (Å²) in [5, 5.41) is 0. The molecule has 2 aromatic rings. The van der Waals surface area contributed by atoms with Crippen LogP contribution in [0.3, 0.4) is 0 Å². The summed E-state index contributed by atoms with van der Waals surface area (Å²) in [5.41, 5.74) is 5.80. The van der Waals surface area contributed by atoms with Gasteiger partial charge in [-0.05, 0) is 62.1 Å². The topological polar surface area (TPSA) is 83.2 Å². The van der Waals surface area contributed by atoms with Crippen LogP contribution in [0.15, 0.2) is 23.3 Å². The fourth-order valence-electron chi connectivity index (χ4n) is 7.67. The summed E-state index contributed by atoms with van der Waals surface area (Å²) < 4.78 is 50.5. The standard InChI is InChI=1S/C28H39F3N6O3/c1-34-16-32-33-25(34)24(17-5-3-6-17)18-7-4-8-21(11-18)36-15-23-22(28(29,30)31)12-20(14-37(23)26(36)38)19-9-10-35(13-19)27(39)40-2/h12,14-15,17-19,21,24-25,32-33H,3-11,13,16H2,1-2H3/t18?,19-,21?,24-,25?/m1/s1. The van der Waals surface area contributed by atoms with Crippen molar-refractivity contribution in [3.05, 3.63) is 40.1 Å². The third kappa shape index (κ3) is 4.92. The number of ether oxygens (including phenoxy) is 1. The Bertz CT molecular complexity index is 1300. The molecule has 4 fully saturated rings. The highest BCUT2D eigenvalue weighted by Gasteiger charge is 2.44. The molecule has 4 aliphatic rings. The van der Waals surface area contributed by atoms with Gasteiger partial charge in [0.25, 0.3) is 0 Å². The lowest BCUT2D eigenvalue weighted by molar-refractivity contribution is -0.136. The number of aromatic nitrogens is 2. The minimum Gasteiger partial charge on any atom is -0.453 e. The summed E-state index contributed by atoms with van der Waals surface area (Å²) in [6.45, 7) is 1.43. The first-order valence-corrected chi connectivity index (χ1v) is 14.5. The maximum absolute atomic E-state index is 14.3. The van der Waals surface area contributed by atoms with E-state index >= 15 is 0 Å². The normalized spacial score (nSPS) is 29.2. The number of carbonyl (C=O) groups excluding carboxylic acids is 1. The van der Waals surface area contributed by atoms with E-state index in [2.05, 4.69) is 22.8 Å². The van der Waals surface area contributed by atoms with Crippen LogP contribution in [-0.4, -0.2) is 64.9 Å². The summed E-state index contributed by atoms with van der Waals surface area (Å²) in [6, 6.07) is 1.02. The van der Waals surface area contributed by atoms with Crippen LogP contribution in [0.5, 0.6) is 0 Å². The van der Waals surface area contributed by atoms with Gasteiger partial charge in [-0.1, -0.05) is 25.7 Å². The summed E-state index contributed by atoms with van der Waals surface area (Å²) in [4.78, 5) is 29.5. The van der Waals surface area contributed by atoms with Crippen molar-refractivity contribution in [3.8, 4) is 0 Å². The van der Waals surface area contributed by atoms with Gasteiger partial charge in [-0.25, -0.2) is 20.4 Å². The SMILES string of the molecule is COC(=O)N1CC[C@@H](c2cc(C(F)(F)F)c3cn(C4CCCC([C@@H](C5CCC5)C5NNCN5C)C4)c(=O)n3c2)C1. The van der Waals surface area contributed by atoms with Crippen LogP contribution in [-0.2, 0) is 10.9 Å². The fourth-order valence-corrected chi connectivity index (χ4v) is 7.67. The average Bonchev–Trinajstić information content (AvgIpc) is 3.64. The minimum atomic E-state index is -4.61. The zero-order valence-electron chi connectivity index (χ0n) is 23.1. The van der Waals surface area contributed by atoms with E-state index in [-0.39, 0.29) is 30.2 Å². The molecule has 6 rings (SSSR count). The van der Waals surface area contributed by atoms with Crippen LogP contribution in [0.25, 0.3) is 5.52 Å². The molecule has 0 radical (unpaired) electrons. The lowest BCUT2D eigenvalue weighted by Gasteiger charge is -2.46. The molecule has 2 N–H and O–H groups in total. The molecule has 5 atom stereocenters. The molecule has 0 bridgehead atoms. The van der Waals surface area contributed by atoms with Gasteiger partial charge in [-0.15, -0.1) is 0 Å². The number of hydrogen-bond donors (Lipinski definition) is 2. The molecule has 9 nitrogen and oxygen atoms in total. The van der Waals surface area contributed by atoms with Crippen LogP contribution in [0.2, 0.25) is 0 Å². The first kappa shape index (κ1) is 27.6. The quantitative estimate of drug-likeness (QED) is 0.568. The minimum absolute atomic E-state index is 0.108. The Labute approximate surface area is 231 Å². The van der Waals surface area contributed by atoms with Crippen molar-refractivity contribution in [1.82, 2.24) is 29.6 Å². The number of amides is 1. The van der Waals surface area contributed by atoms with E-state index in [1.54, 1.807) is 10.8 Å². The Morgan fingerprint density at radius 3 is 2.50 bits per heavy atom. The fraction of sp³-hybridized carbons (Fsp3) is 0.714. The second kappa shape index (κ2) is 10.7. The maximum Gasteiger partial charge on any atom is 0.418 e. The summed E-state index contributed by atoms with van der Waals surface area (Å²) in [7, 11) is 3.40. The zero-order valence-corrected chi connectivity index (χ0v) is 23.1. The van der Waals surface area contributed by atoms with E-state index in [0.717, 1.165) is 38.4 Å². The smallest absolute Gasteiger partial charge is 0.418 e. The molecule has 2 aliphatic heterocycles. The number of nitrogens with zero attached hydrogens (tertiary/aromatic N) is 4. The zero-order chi connectivity index (χ0) is 28.2. The molecule has 2 saturated carbocycles. The van der Waals surface area contributed by atoms with E-state index in [1.807, 2.05) is 0 Å². The van der Waals surface area contributed by atoms with Gasteiger partial charge in [-0.2, -0.15) is 13.2 Å². The van der Waals surface area contributed by atoms with Crippen molar-refractivity contribution in [2.24, 2.45) is 17.8 Å². The van der Waals surface area contributed by atoms with Crippen LogP contribution >= 0.6 is 0 Å². The molecule has 2 saturated heterocycles. The highest BCUT2D eigenvalue weighted by atomic mass is 19.4. The van der Waals surface area contributed by atoms with Gasteiger partial charge in [-0.3, -0.25) is 13.9 Å². The number of imidazole rings is 1. The predicted octanol–water partition coefficient (Wildman–Crippen LogP) is 4.15. The first-order chi connectivity index (χ1) is 19.2. The van der Waals surface area contributed by atoms with Crippen molar-refractivity contribution in [2.45, 2.75) is 75.7 Å². The van der Waals surface area contributed by atoms with Crippen molar-refractivity contribution >= 4 is 11.6 Å². The Balaban J connectivity index is 1.32. The number of nitrogens with one attached hydrogen (secondary N) is 2. The lowest BCUT2D eigenvalue weighted by atomic mass is 9.65. The molecule has 4 heterocycles. The van der Waals surface area contributed by atoms with E-state index in [4.69, 9.17) is 4.74 Å². The Morgan fingerprint density at radius 1 is 1.10 bits per heavy atom. The molecule has 40 heavy (non-hydrogen) atoms. The van der Waals surface area contributed by atoms with E-state index in [1.165, 1.54) is 41.9 Å².